The summed E-state index contributed by atoms with van der Waals surface area (Å²) in [7, 11) is 1.67. The molecule has 1 fully saturated rings. The van der Waals surface area contributed by atoms with Crippen molar-refractivity contribution in [3.63, 3.8) is 0 Å². The fourth-order valence-electron chi connectivity index (χ4n) is 4.01. The number of nitrogens with zero attached hydrogens (tertiary/aromatic N) is 3. The van der Waals surface area contributed by atoms with Crippen LogP contribution in [0.15, 0.2) is 48.0 Å². The molecule has 5 nitrogen and oxygen atoms in total. The Labute approximate surface area is 181 Å². The summed E-state index contributed by atoms with van der Waals surface area (Å²) in [6.45, 7) is 2.78. The Morgan fingerprint density at radius 3 is 2.67 bits per heavy atom. The summed E-state index contributed by atoms with van der Waals surface area (Å²) in [5.41, 5.74) is 4.22. The van der Waals surface area contributed by atoms with Crippen molar-refractivity contribution in [1.82, 2.24) is 14.9 Å². The average molecular weight is 422 g/mol. The number of pyridine rings is 1. The lowest BCUT2D eigenvalue weighted by Gasteiger charge is -2.36. The highest BCUT2D eigenvalue weighted by atomic mass is 32.1. The van der Waals surface area contributed by atoms with Gasteiger partial charge in [0.05, 0.1) is 30.3 Å². The van der Waals surface area contributed by atoms with E-state index < -0.39 is 0 Å². The highest BCUT2D eigenvalue weighted by molar-refractivity contribution is 7.09. The fourth-order valence-corrected chi connectivity index (χ4v) is 4.63. The van der Waals surface area contributed by atoms with Gasteiger partial charge in [0.25, 0.3) is 0 Å². The van der Waals surface area contributed by atoms with Crippen LogP contribution in [0.5, 0.6) is 5.75 Å². The van der Waals surface area contributed by atoms with Crippen LogP contribution in [0.4, 0.5) is 0 Å². The third kappa shape index (κ3) is 4.87. The van der Waals surface area contributed by atoms with Gasteiger partial charge in [0, 0.05) is 30.2 Å². The quantitative estimate of drug-likeness (QED) is 0.577. The summed E-state index contributed by atoms with van der Waals surface area (Å²) in [6, 6.07) is 12.4. The van der Waals surface area contributed by atoms with E-state index in [2.05, 4.69) is 29.2 Å². The molecule has 1 aliphatic rings. The molecule has 0 N–H and O–H groups in total. The number of aryl methyl sites for hydroxylation is 1. The SMILES string of the molecule is COc1ccc(Cc2ccc(C3CCCCN3C(=O)Cc3csc(C)n3)cn2)cc1. The summed E-state index contributed by atoms with van der Waals surface area (Å²) in [5, 5.41) is 2.99. The minimum Gasteiger partial charge on any atom is -0.497 e. The Morgan fingerprint density at radius 2 is 2.00 bits per heavy atom. The van der Waals surface area contributed by atoms with Gasteiger partial charge in [-0.15, -0.1) is 11.3 Å². The van der Waals surface area contributed by atoms with Crippen molar-refractivity contribution in [3.05, 3.63) is 75.5 Å². The third-order valence-corrected chi connectivity index (χ3v) is 6.42. The molecule has 2 aromatic heterocycles. The number of benzene rings is 1. The molecule has 1 atom stereocenters. The van der Waals surface area contributed by atoms with E-state index in [0.29, 0.717) is 6.42 Å². The van der Waals surface area contributed by atoms with Crippen LogP contribution < -0.4 is 4.74 Å². The number of ether oxygens (including phenoxy) is 1. The lowest BCUT2D eigenvalue weighted by molar-refractivity contribution is -0.134. The number of piperidine rings is 1. The number of thiazole rings is 1. The van der Waals surface area contributed by atoms with Crippen LogP contribution in [0.2, 0.25) is 0 Å². The van der Waals surface area contributed by atoms with E-state index in [-0.39, 0.29) is 11.9 Å². The van der Waals surface area contributed by atoms with Crippen molar-refractivity contribution < 1.29 is 9.53 Å². The Morgan fingerprint density at radius 1 is 1.17 bits per heavy atom. The number of carbonyl (C=O) groups is 1. The summed E-state index contributed by atoms with van der Waals surface area (Å²) in [6.07, 6.45) is 6.28. The van der Waals surface area contributed by atoms with Crippen LogP contribution >= 0.6 is 11.3 Å². The van der Waals surface area contributed by atoms with Crippen molar-refractivity contribution in [3.8, 4) is 5.75 Å². The minimum atomic E-state index is 0.105. The molecule has 1 aliphatic heterocycles. The standard InChI is InChI=1S/C24H27N3O2S/c1-17-26-21(16-30-17)14-24(28)27-12-4-3-5-23(27)19-8-9-20(25-15-19)13-18-6-10-22(29-2)11-7-18/h6-11,15-16,23H,3-5,12-14H2,1-2H3. The molecule has 0 bridgehead atoms. The number of hydrogen-bond donors (Lipinski definition) is 0. The summed E-state index contributed by atoms with van der Waals surface area (Å²) >= 11 is 1.60. The molecule has 0 aliphatic carbocycles. The Bertz CT molecular complexity index is 982. The smallest absolute Gasteiger partial charge is 0.229 e. The summed E-state index contributed by atoms with van der Waals surface area (Å²) in [5.74, 6) is 1.02. The summed E-state index contributed by atoms with van der Waals surface area (Å²) in [4.78, 5) is 24.2. The molecule has 30 heavy (non-hydrogen) atoms. The molecule has 3 aromatic rings. The van der Waals surface area contributed by atoms with Crippen LogP contribution in [-0.4, -0.2) is 34.4 Å². The molecule has 0 saturated carbocycles. The van der Waals surface area contributed by atoms with Gasteiger partial charge in [-0.25, -0.2) is 4.98 Å². The molecule has 0 radical (unpaired) electrons. The molecular formula is C24H27N3O2S. The Kier molecular flexibility index (Phi) is 6.43. The molecule has 3 heterocycles. The van der Waals surface area contributed by atoms with Crippen molar-refractivity contribution in [2.75, 3.05) is 13.7 Å². The zero-order valence-electron chi connectivity index (χ0n) is 17.5. The second kappa shape index (κ2) is 9.39. The Hall–Kier alpha value is -2.73. The first-order valence-electron chi connectivity index (χ1n) is 10.4. The number of carbonyl (C=O) groups excluding carboxylic acids is 1. The van der Waals surface area contributed by atoms with E-state index in [9.17, 15) is 4.79 Å². The van der Waals surface area contributed by atoms with Crippen LogP contribution in [0.3, 0.4) is 0 Å². The monoisotopic (exact) mass is 421 g/mol. The van der Waals surface area contributed by atoms with Crippen molar-refractivity contribution in [2.45, 2.75) is 45.1 Å². The molecule has 1 aromatic carbocycles. The number of aromatic nitrogens is 2. The normalized spacial score (nSPS) is 16.5. The van der Waals surface area contributed by atoms with Gasteiger partial charge < -0.3 is 9.64 Å². The molecule has 4 rings (SSSR count). The number of amides is 1. The molecular weight excluding hydrogens is 394 g/mol. The van der Waals surface area contributed by atoms with Gasteiger partial charge in [0.2, 0.25) is 5.91 Å². The van der Waals surface area contributed by atoms with Gasteiger partial charge in [-0.1, -0.05) is 18.2 Å². The van der Waals surface area contributed by atoms with Gasteiger partial charge in [0.15, 0.2) is 0 Å². The number of methoxy groups -OCH3 is 1. The average Bonchev–Trinajstić information content (AvgIpc) is 3.19. The topological polar surface area (TPSA) is 55.3 Å². The van der Waals surface area contributed by atoms with Gasteiger partial charge in [-0.2, -0.15) is 0 Å². The predicted octanol–water partition coefficient (Wildman–Crippen LogP) is 4.74. The van der Waals surface area contributed by atoms with E-state index >= 15 is 0 Å². The zero-order chi connectivity index (χ0) is 20.9. The Balaban J connectivity index is 1.44. The molecule has 1 amide bonds. The van der Waals surface area contributed by atoms with Crippen molar-refractivity contribution >= 4 is 17.2 Å². The third-order valence-electron chi connectivity index (χ3n) is 5.60. The first-order valence-corrected chi connectivity index (χ1v) is 11.3. The molecule has 1 unspecified atom stereocenters. The predicted molar refractivity (Wildman–Crippen MR) is 119 cm³/mol. The van der Waals surface area contributed by atoms with Crippen LogP contribution in [0.25, 0.3) is 0 Å². The van der Waals surface area contributed by atoms with E-state index in [1.807, 2.05) is 35.5 Å². The lowest BCUT2D eigenvalue weighted by Crippen LogP contribution is -2.39. The maximum atomic E-state index is 13.0. The van der Waals surface area contributed by atoms with Crippen LogP contribution in [0, 0.1) is 6.92 Å². The zero-order valence-corrected chi connectivity index (χ0v) is 18.3. The summed E-state index contributed by atoms with van der Waals surface area (Å²) < 4.78 is 5.22. The number of likely N-dealkylation sites (tertiary alicyclic amines) is 1. The van der Waals surface area contributed by atoms with Gasteiger partial charge in [-0.3, -0.25) is 9.78 Å². The first-order chi connectivity index (χ1) is 14.6. The van der Waals surface area contributed by atoms with E-state index in [0.717, 1.165) is 59.9 Å². The van der Waals surface area contributed by atoms with Crippen molar-refractivity contribution in [1.29, 1.82) is 0 Å². The van der Waals surface area contributed by atoms with Gasteiger partial charge >= 0.3 is 0 Å². The van der Waals surface area contributed by atoms with Gasteiger partial charge in [-0.05, 0) is 55.5 Å². The minimum absolute atomic E-state index is 0.105. The van der Waals surface area contributed by atoms with Crippen molar-refractivity contribution in [2.24, 2.45) is 0 Å². The highest BCUT2D eigenvalue weighted by Gasteiger charge is 2.28. The number of hydrogen-bond acceptors (Lipinski definition) is 5. The highest BCUT2D eigenvalue weighted by Crippen LogP contribution is 2.31. The molecule has 1 saturated heterocycles. The first kappa shape index (κ1) is 20.5. The molecule has 6 heteroatoms. The maximum absolute atomic E-state index is 13.0. The van der Waals surface area contributed by atoms with Crippen LogP contribution in [-0.2, 0) is 17.6 Å². The largest absolute Gasteiger partial charge is 0.497 e. The van der Waals surface area contributed by atoms with Gasteiger partial charge in [0.1, 0.15) is 5.75 Å². The fraction of sp³-hybridized carbons (Fsp3) is 0.375. The second-order valence-electron chi connectivity index (χ2n) is 7.74. The van der Waals surface area contributed by atoms with Crippen LogP contribution in [0.1, 0.15) is 52.8 Å². The van der Waals surface area contributed by atoms with E-state index in [1.165, 1.54) is 5.56 Å². The van der Waals surface area contributed by atoms with E-state index in [4.69, 9.17) is 9.72 Å². The molecule has 0 spiro atoms. The maximum Gasteiger partial charge on any atom is 0.229 e. The lowest BCUT2D eigenvalue weighted by atomic mass is 9.95. The molecule has 156 valence electrons. The van der Waals surface area contributed by atoms with E-state index in [1.54, 1.807) is 18.4 Å². The second-order valence-corrected chi connectivity index (χ2v) is 8.80. The number of rotatable bonds is 6.